The third kappa shape index (κ3) is 4.59. The number of carbonyl (C=O) groups excluding carboxylic acids is 1. The Morgan fingerprint density at radius 2 is 1.84 bits per heavy atom. The molecule has 0 atom stereocenters. The lowest BCUT2D eigenvalue weighted by molar-refractivity contribution is -0.119. The molecular weight excluding hydrogens is 498 g/mol. The second-order valence-corrected chi connectivity index (χ2v) is 10.8. The van der Waals surface area contributed by atoms with Crippen LogP contribution in [0.4, 0.5) is 11.5 Å². The molecule has 0 aliphatic carbocycles. The molecule has 0 radical (unpaired) electrons. The van der Waals surface area contributed by atoms with Crippen LogP contribution in [0.1, 0.15) is 22.4 Å². The molecule has 6 rings (SSSR count). The number of nitrogens with two attached hydrogens (primary N) is 1. The average Bonchev–Trinajstić information content (AvgIpc) is 3.30. The van der Waals surface area contributed by atoms with Gasteiger partial charge in [0.05, 0.1) is 12.2 Å². The third-order valence-corrected chi connectivity index (χ3v) is 7.98. The van der Waals surface area contributed by atoms with Crippen LogP contribution in [0.25, 0.3) is 22.3 Å². The SMILES string of the molecule is Cc1ccc(Cl)cc1N1CCc2nc(-c3cccc4[nH]cc(C)c34)nc(N3CCN(CC(N)=O)CC3)c2C1. The van der Waals surface area contributed by atoms with Gasteiger partial charge < -0.3 is 20.5 Å². The number of aromatic nitrogens is 3. The number of anilines is 2. The maximum atomic E-state index is 11.5. The first kappa shape index (κ1) is 24.7. The summed E-state index contributed by atoms with van der Waals surface area (Å²) in [4.78, 5) is 32.1. The molecule has 3 N–H and O–H groups in total. The van der Waals surface area contributed by atoms with Crippen LogP contribution in [0.15, 0.2) is 42.6 Å². The molecule has 2 aliphatic heterocycles. The van der Waals surface area contributed by atoms with Gasteiger partial charge in [-0.3, -0.25) is 9.69 Å². The fraction of sp³-hybridized carbons (Fsp3) is 0.345. The van der Waals surface area contributed by atoms with Crippen LogP contribution >= 0.6 is 11.6 Å². The number of piperazine rings is 1. The summed E-state index contributed by atoms with van der Waals surface area (Å²) in [5.74, 6) is 1.46. The molecule has 1 fully saturated rings. The van der Waals surface area contributed by atoms with Crippen LogP contribution in [0.5, 0.6) is 0 Å². The minimum Gasteiger partial charge on any atom is -0.369 e. The molecule has 0 spiro atoms. The fourth-order valence-corrected chi connectivity index (χ4v) is 5.95. The van der Waals surface area contributed by atoms with Crippen LogP contribution in [0, 0.1) is 13.8 Å². The molecule has 0 saturated carbocycles. The molecule has 4 heterocycles. The summed E-state index contributed by atoms with van der Waals surface area (Å²) in [6, 6.07) is 12.3. The smallest absolute Gasteiger partial charge is 0.231 e. The van der Waals surface area contributed by atoms with Gasteiger partial charge in [-0.05, 0) is 43.2 Å². The zero-order valence-electron chi connectivity index (χ0n) is 21.8. The lowest BCUT2D eigenvalue weighted by atomic mass is 10.0. The van der Waals surface area contributed by atoms with E-state index in [-0.39, 0.29) is 12.5 Å². The number of hydrogen-bond donors (Lipinski definition) is 2. The van der Waals surface area contributed by atoms with Gasteiger partial charge in [0.1, 0.15) is 5.82 Å². The van der Waals surface area contributed by atoms with Crippen LogP contribution in [-0.4, -0.2) is 65.0 Å². The van der Waals surface area contributed by atoms with Crippen molar-refractivity contribution in [3.05, 3.63) is 70.0 Å². The van der Waals surface area contributed by atoms with Crippen LogP contribution in [-0.2, 0) is 17.8 Å². The van der Waals surface area contributed by atoms with Gasteiger partial charge in [-0.1, -0.05) is 29.8 Å². The number of benzene rings is 2. The Kier molecular flexibility index (Phi) is 6.45. The molecule has 38 heavy (non-hydrogen) atoms. The molecule has 0 unspecified atom stereocenters. The maximum Gasteiger partial charge on any atom is 0.231 e. The highest BCUT2D eigenvalue weighted by atomic mass is 35.5. The van der Waals surface area contributed by atoms with E-state index < -0.39 is 0 Å². The fourth-order valence-electron chi connectivity index (χ4n) is 5.79. The Bertz CT molecular complexity index is 1520. The number of fused-ring (bicyclic) bond motifs is 2. The first-order chi connectivity index (χ1) is 18.4. The van der Waals surface area contributed by atoms with Crippen molar-refractivity contribution in [2.24, 2.45) is 5.73 Å². The van der Waals surface area contributed by atoms with E-state index in [1.165, 1.54) is 16.7 Å². The predicted molar refractivity (Wildman–Crippen MR) is 153 cm³/mol. The van der Waals surface area contributed by atoms with Crippen LogP contribution in [0.2, 0.25) is 5.02 Å². The number of rotatable bonds is 5. The number of H-pyrrole nitrogens is 1. The standard InChI is InChI=1S/C29H32ClN7O/c1-18-6-7-20(30)14-25(18)37-9-8-23-22(16-37)29(36-12-10-35(11-13-36)17-26(31)38)34-28(33-23)21-4-3-5-24-27(21)19(2)15-32-24/h3-7,14-15,32H,8-13,16-17H2,1-2H3,(H2,31,38). The first-order valence-electron chi connectivity index (χ1n) is 13.1. The molecule has 1 amide bonds. The van der Waals surface area contributed by atoms with Crippen molar-refractivity contribution in [3.63, 3.8) is 0 Å². The number of halogens is 1. The number of primary amides is 1. The predicted octanol–water partition coefficient (Wildman–Crippen LogP) is 4.07. The number of amides is 1. The van der Waals surface area contributed by atoms with Gasteiger partial charge in [-0.15, -0.1) is 0 Å². The van der Waals surface area contributed by atoms with E-state index >= 15 is 0 Å². The van der Waals surface area contributed by atoms with Crippen molar-refractivity contribution in [1.82, 2.24) is 19.9 Å². The summed E-state index contributed by atoms with van der Waals surface area (Å²) < 4.78 is 0. The number of nitrogens with zero attached hydrogens (tertiary/aromatic N) is 5. The molecule has 196 valence electrons. The summed E-state index contributed by atoms with van der Waals surface area (Å²) >= 11 is 6.38. The van der Waals surface area contributed by atoms with E-state index in [0.29, 0.717) is 0 Å². The monoisotopic (exact) mass is 529 g/mol. The Labute approximate surface area is 227 Å². The zero-order valence-corrected chi connectivity index (χ0v) is 22.6. The van der Waals surface area contributed by atoms with Crippen molar-refractivity contribution in [3.8, 4) is 11.4 Å². The second kappa shape index (κ2) is 9.93. The van der Waals surface area contributed by atoms with Gasteiger partial charge in [0.2, 0.25) is 5.91 Å². The molecule has 4 aromatic rings. The Balaban J connectivity index is 1.42. The van der Waals surface area contributed by atoms with Crippen LogP contribution < -0.4 is 15.5 Å². The van der Waals surface area contributed by atoms with E-state index in [4.69, 9.17) is 27.3 Å². The highest BCUT2D eigenvalue weighted by Gasteiger charge is 2.29. The molecule has 8 nitrogen and oxygen atoms in total. The number of carbonyl (C=O) groups is 1. The zero-order chi connectivity index (χ0) is 26.4. The lowest BCUT2D eigenvalue weighted by Gasteiger charge is -2.38. The highest BCUT2D eigenvalue weighted by Crippen LogP contribution is 2.36. The molecule has 2 aliphatic rings. The van der Waals surface area contributed by atoms with Crippen molar-refractivity contribution >= 4 is 39.9 Å². The van der Waals surface area contributed by atoms with Crippen LogP contribution in [0.3, 0.4) is 0 Å². The van der Waals surface area contributed by atoms with E-state index in [1.807, 2.05) is 12.3 Å². The van der Waals surface area contributed by atoms with Crippen molar-refractivity contribution in [2.75, 3.05) is 49.1 Å². The quantitative estimate of drug-likeness (QED) is 0.405. The minimum atomic E-state index is -0.289. The lowest BCUT2D eigenvalue weighted by Crippen LogP contribution is -2.49. The van der Waals surface area contributed by atoms with Gasteiger partial charge in [-0.2, -0.15) is 0 Å². The van der Waals surface area contributed by atoms with E-state index in [2.05, 4.69) is 63.9 Å². The second-order valence-electron chi connectivity index (χ2n) is 10.3. The third-order valence-electron chi connectivity index (χ3n) is 7.75. The normalized spacial score (nSPS) is 16.2. The number of aryl methyl sites for hydroxylation is 2. The number of hydrogen-bond acceptors (Lipinski definition) is 6. The van der Waals surface area contributed by atoms with E-state index in [1.54, 1.807) is 0 Å². The first-order valence-corrected chi connectivity index (χ1v) is 13.5. The summed E-state index contributed by atoms with van der Waals surface area (Å²) in [6.45, 7) is 9.20. The molecule has 1 saturated heterocycles. The summed E-state index contributed by atoms with van der Waals surface area (Å²) in [5, 5.41) is 1.90. The summed E-state index contributed by atoms with van der Waals surface area (Å²) in [7, 11) is 0. The average molecular weight is 530 g/mol. The Hall–Kier alpha value is -3.62. The molecule has 9 heteroatoms. The summed E-state index contributed by atoms with van der Waals surface area (Å²) in [6.07, 6.45) is 2.87. The molecule has 2 aromatic heterocycles. The van der Waals surface area contributed by atoms with Gasteiger partial charge in [0.15, 0.2) is 5.82 Å². The van der Waals surface area contributed by atoms with Crippen molar-refractivity contribution in [1.29, 1.82) is 0 Å². The Morgan fingerprint density at radius 1 is 1.03 bits per heavy atom. The maximum absolute atomic E-state index is 11.5. The molecule has 2 aromatic carbocycles. The van der Waals surface area contributed by atoms with Gasteiger partial charge in [-0.25, -0.2) is 9.97 Å². The van der Waals surface area contributed by atoms with E-state index in [0.717, 1.165) is 90.2 Å². The summed E-state index contributed by atoms with van der Waals surface area (Å²) in [5.41, 5.74) is 13.4. The van der Waals surface area contributed by atoms with Gasteiger partial charge >= 0.3 is 0 Å². The number of aromatic amines is 1. The largest absolute Gasteiger partial charge is 0.369 e. The molecular formula is C29H32ClN7O. The van der Waals surface area contributed by atoms with Crippen molar-refractivity contribution < 1.29 is 4.79 Å². The van der Waals surface area contributed by atoms with Gasteiger partial charge in [0.25, 0.3) is 0 Å². The Morgan fingerprint density at radius 3 is 2.63 bits per heavy atom. The molecule has 0 bridgehead atoms. The van der Waals surface area contributed by atoms with E-state index in [9.17, 15) is 4.79 Å². The highest BCUT2D eigenvalue weighted by molar-refractivity contribution is 6.30. The van der Waals surface area contributed by atoms with Gasteiger partial charge in [0, 0.05) is 84.6 Å². The van der Waals surface area contributed by atoms with Crippen molar-refractivity contribution in [2.45, 2.75) is 26.8 Å². The topological polar surface area (TPSA) is 94.4 Å². The minimum absolute atomic E-state index is 0.289. The number of nitrogens with one attached hydrogen (secondary N) is 1.